The molecular formula is C16H18O3. The van der Waals surface area contributed by atoms with Gasteiger partial charge in [0, 0.05) is 0 Å². The molecule has 0 fully saturated rings. The monoisotopic (exact) mass is 258 g/mol. The Morgan fingerprint density at radius 3 is 2.47 bits per heavy atom. The van der Waals surface area contributed by atoms with Gasteiger partial charge in [-0.15, -0.1) is 0 Å². The van der Waals surface area contributed by atoms with Gasteiger partial charge in [-0.2, -0.15) is 0 Å². The predicted molar refractivity (Wildman–Crippen MR) is 74.8 cm³/mol. The fraction of sp³-hybridized carbons (Fsp3) is 0.312. The number of rotatable bonds is 5. The number of carbonyl (C=O) groups excluding carboxylic acids is 1. The second-order valence-electron chi connectivity index (χ2n) is 4.87. The van der Waals surface area contributed by atoms with Crippen molar-refractivity contribution >= 4 is 17.1 Å². The van der Waals surface area contributed by atoms with Crippen molar-refractivity contribution in [2.24, 2.45) is 5.41 Å². The molecule has 19 heavy (non-hydrogen) atoms. The average Bonchev–Trinajstić information content (AvgIpc) is 2.49. The topological polar surface area (TPSA) is 57.5 Å². The van der Waals surface area contributed by atoms with Crippen LogP contribution in [0.5, 0.6) is 0 Å². The summed E-state index contributed by atoms with van der Waals surface area (Å²) in [6, 6.07) is 13.4. The van der Waals surface area contributed by atoms with Crippen molar-refractivity contribution in [1.82, 2.24) is 0 Å². The van der Waals surface area contributed by atoms with Crippen LogP contribution in [0, 0.1) is 5.41 Å². The van der Waals surface area contributed by atoms with Crippen LogP contribution in [0.4, 0.5) is 0 Å². The van der Waals surface area contributed by atoms with E-state index in [2.05, 4.69) is 0 Å². The fourth-order valence-corrected chi connectivity index (χ4v) is 2.29. The first-order valence-electron chi connectivity index (χ1n) is 6.41. The molecule has 2 N–H and O–H groups in total. The normalized spacial score (nSPS) is 15.9. The van der Waals surface area contributed by atoms with Gasteiger partial charge in [-0.05, 0) is 28.8 Å². The van der Waals surface area contributed by atoms with Crippen molar-refractivity contribution in [3.05, 3.63) is 48.0 Å². The maximum Gasteiger partial charge on any atom is 0.131 e. The van der Waals surface area contributed by atoms with Crippen molar-refractivity contribution in [3.63, 3.8) is 0 Å². The van der Waals surface area contributed by atoms with Crippen LogP contribution in [0.1, 0.15) is 25.0 Å². The van der Waals surface area contributed by atoms with E-state index >= 15 is 0 Å². The van der Waals surface area contributed by atoms with Gasteiger partial charge in [0.2, 0.25) is 0 Å². The minimum atomic E-state index is -1.12. The van der Waals surface area contributed by atoms with Gasteiger partial charge in [-0.3, -0.25) is 0 Å². The number of hydrogen-bond acceptors (Lipinski definition) is 3. The lowest BCUT2D eigenvalue weighted by molar-refractivity contribution is -0.127. The number of aldehydes is 1. The van der Waals surface area contributed by atoms with Crippen molar-refractivity contribution in [3.8, 4) is 0 Å². The lowest BCUT2D eigenvalue weighted by atomic mass is 9.78. The first kappa shape index (κ1) is 13.7. The zero-order valence-electron chi connectivity index (χ0n) is 10.9. The molecule has 3 nitrogen and oxygen atoms in total. The van der Waals surface area contributed by atoms with E-state index in [1.54, 1.807) is 13.0 Å². The maximum absolute atomic E-state index is 11.2. The standard InChI is InChI=1S/C16H18O3/c1-2-16(10-17,11-18)15(19)14-8-7-12-5-3-4-6-13(12)9-14/h3-10,15,18-19H,2,11H2,1H3/t15-,16?/m0/s1. The molecular weight excluding hydrogens is 240 g/mol. The Balaban J connectivity index is 2.45. The largest absolute Gasteiger partial charge is 0.395 e. The summed E-state index contributed by atoms with van der Waals surface area (Å²) < 4.78 is 0. The molecule has 2 atom stereocenters. The number of benzene rings is 2. The minimum Gasteiger partial charge on any atom is -0.395 e. The van der Waals surface area contributed by atoms with Crippen LogP contribution in [0.2, 0.25) is 0 Å². The van der Waals surface area contributed by atoms with E-state index in [9.17, 15) is 15.0 Å². The van der Waals surface area contributed by atoms with Crippen molar-refractivity contribution < 1.29 is 15.0 Å². The molecule has 2 rings (SSSR count). The third-order valence-electron chi connectivity index (χ3n) is 3.82. The average molecular weight is 258 g/mol. The zero-order valence-corrected chi connectivity index (χ0v) is 10.9. The molecule has 0 radical (unpaired) electrons. The van der Waals surface area contributed by atoms with E-state index in [1.807, 2.05) is 36.4 Å². The van der Waals surface area contributed by atoms with Crippen LogP contribution < -0.4 is 0 Å². The molecule has 2 aromatic rings. The number of hydrogen-bond donors (Lipinski definition) is 2. The van der Waals surface area contributed by atoms with E-state index in [0.29, 0.717) is 18.3 Å². The van der Waals surface area contributed by atoms with Crippen LogP contribution in [0.15, 0.2) is 42.5 Å². The van der Waals surface area contributed by atoms with Crippen molar-refractivity contribution in [2.75, 3.05) is 6.61 Å². The van der Waals surface area contributed by atoms with E-state index in [0.717, 1.165) is 10.8 Å². The van der Waals surface area contributed by atoms with Gasteiger partial charge < -0.3 is 15.0 Å². The summed E-state index contributed by atoms with van der Waals surface area (Å²) in [5.41, 5.74) is -0.468. The van der Waals surface area contributed by atoms with E-state index in [-0.39, 0.29) is 6.61 Å². The number of fused-ring (bicyclic) bond motifs is 1. The molecule has 0 spiro atoms. The van der Waals surface area contributed by atoms with Crippen LogP contribution in [0.3, 0.4) is 0 Å². The van der Waals surface area contributed by atoms with Gasteiger partial charge in [0.15, 0.2) is 0 Å². The summed E-state index contributed by atoms with van der Waals surface area (Å²) in [5.74, 6) is 0. The molecule has 0 amide bonds. The number of carbonyl (C=O) groups is 1. The molecule has 0 heterocycles. The highest BCUT2D eigenvalue weighted by Gasteiger charge is 2.36. The van der Waals surface area contributed by atoms with E-state index in [1.165, 1.54) is 0 Å². The van der Waals surface area contributed by atoms with Crippen molar-refractivity contribution in [2.45, 2.75) is 19.4 Å². The Bertz CT molecular complexity index is 573. The lowest BCUT2D eigenvalue weighted by Gasteiger charge is -2.30. The molecule has 0 bridgehead atoms. The molecule has 1 unspecified atom stereocenters. The second-order valence-corrected chi connectivity index (χ2v) is 4.87. The minimum absolute atomic E-state index is 0.360. The lowest BCUT2D eigenvalue weighted by Crippen LogP contribution is -2.34. The van der Waals surface area contributed by atoms with Gasteiger partial charge in [0.1, 0.15) is 6.29 Å². The quantitative estimate of drug-likeness (QED) is 0.810. The zero-order chi connectivity index (χ0) is 13.9. The predicted octanol–water partition coefficient (Wildman–Crippen LogP) is 2.46. The molecule has 0 aliphatic heterocycles. The van der Waals surface area contributed by atoms with Gasteiger partial charge in [0.05, 0.1) is 18.1 Å². The van der Waals surface area contributed by atoms with Gasteiger partial charge in [-0.25, -0.2) is 0 Å². The second kappa shape index (κ2) is 5.51. The molecule has 0 aromatic heterocycles. The van der Waals surface area contributed by atoms with Crippen molar-refractivity contribution in [1.29, 1.82) is 0 Å². The third-order valence-corrected chi connectivity index (χ3v) is 3.82. The van der Waals surface area contributed by atoms with Crippen LogP contribution >= 0.6 is 0 Å². The first-order valence-corrected chi connectivity index (χ1v) is 6.41. The van der Waals surface area contributed by atoms with Crippen LogP contribution in [-0.2, 0) is 4.79 Å². The van der Waals surface area contributed by atoms with E-state index in [4.69, 9.17) is 0 Å². The molecule has 0 saturated heterocycles. The molecule has 100 valence electrons. The number of aliphatic hydroxyl groups is 2. The Labute approximate surface area is 112 Å². The summed E-state index contributed by atoms with van der Waals surface area (Å²) in [6.45, 7) is 1.43. The van der Waals surface area contributed by atoms with E-state index < -0.39 is 11.5 Å². The van der Waals surface area contributed by atoms with Gasteiger partial charge >= 0.3 is 0 Å². The summed E-state index contributed by atoms with van der Waals surface area (Å²) in [7, 11) is 0. The first-order chi connectivity index (χ1) is 9.16. The third kappa shape index (κ3) is 2.39. The van der Waals surface area contributed by atoms with Crippen LogP contribution in [-0.4, -0.2) is 23.1 Å². The molecule has 3 heteroatoms. The SMILES string of the molecule is CCC(C=O)(CO)[C@@H](O)c1ccc2ccccc2c1. The highest BCUT2D eigenvalue weighted by Crippen LogP contribution is 2.35. The summed E-state index contributed by atoms with van der Waals surface area (Å²) in [4.78, 5) is 11.2. The summed E-state index contributed by atoms with van der Waals surface area (Å²) >= 11 is 0. The highest BCUT2D eigenvalue weighted by molar-refractivity contribution is 5.83. The Kier molecular flexibility index (Phi) is 3.98. The summed E-state index contributed by atoms with van der Waals surface area (Å²) in [5, 5.41) is 21.9. The highest BCUT2D eigenvalue weighted by atomic mass is 16.3. The molecule has 2 aromatic carbocycles. The van der Waals surface area contributed by atoms with Crippen LogP contribution in [0.25, 0.3) is 10.8 Å². The maximum atomic E-state index is 11.2. The fourth-order valence-electron chi connectivity index (χ4n) is 2.29. The molecule has 0 aliphatic rings. The molecule has 0 saturated carbocycles. The van der Waals surface area contributed by atoms with Gasteiger partial charge in [-0.1, -0.05) is 43.3 Å². The Hall–Kier alpha value is -1.71. The summed E-state index contributed by atoms with van der Waals surface area (Å²) in [6.07, 6.45) is 0.0537. The Morgan fingerprint density at radius 2 is 1.89 bits per heavy atom. The smallest absolute Gasteiger partial charge is 0.131 e. The number of aliphatic hydroxyl groups excluding tert-OH is 2. The molecule has 0 aliphatic carbocycles. The Morgan fingerprint density at radius 1 is 1.21 bits per heavy atom. The van der Waals surface area contributed by atoms with Gasteiger partial charge in [0.25, 0.3) is 0 Å².